The highest BCUT2D eigenvalue weighted by Gasteiger charge is 2.31. The van der Waals surface area contributed by atoms with E-state index in [1.165, 1.54) is 36.5 Å². The largest absolute Gasteiger partial charge is 0.573 e. The predicted octanol–water partition coefficient (Wildman–Crippen LogP) is 1.75. The Morgan fingerprint density at radius 1 is 1.26 bits per heavy atom. The van der Waals surface area contributed by atoms with Crippen molar-refractivity contribution in [1.29, 1.82) is 0 Å². The van der Waals surface area contributed by atoms with Crippen LogP contribution in [-0.4, -0.2) is 34.6 Å². The van der Waals surface area contributed by atoms with Crippen LogP contribution in [0.3, 0.4) is 0 Å². The molecule has 9 nitrogen and oxygen atoms in total. The molecule has 5 N–H and O–H groups in total. The first kappa shape index (κ1) is 18.3. The van der Waals surface area contributed by atoms with Crippen molar-refractivity contribution >= 4 is 17.4 Å². The molecule has 0 saturated heterocycles. The Morgan fingerprint density at radius 2 is 2.00 bits per heavy atom. The molecule has 142 valence electrons. The lowest BCUT2D eigenvalue weighted by atomic mass is 10.2. The van der Waals surface area contributed by atoms with Crippen molar-refractivity contribution in [1.82, 2.24) is 10.5 Å². The maximum absolute atomic E-state index is 12.2. The summed E-state index contributed by atoms with van der Waals surface area (Å²) in [6, 6.07) is 8.31. The summed E-state index contributed by atoms with van der Waals surface area (Å²) in [7, 11) is 0. The molecule has 0 fully saturated rings. The van der Waals surface area contributed by atoms with E-state index in [2.05, 4.69) is 30.7 Å². The Labute approximate surface area is 150 Å². The number of benzene rings is 1. The second-order valence-electron chi connectivity index (χ2n) is 5.18. The molecule has 1 aromatic carbocycles. The topological polar surface area (TPSA) is 126 Å². The van der Waals surface area contributed by atoms with Gasteiger partial charge < -0.3 is 21.0 Å². The minimum atomic E-state index is -4.75. The molecule has 12 heteroatoms. The van der Waals surface area contributed by atoms with Crippen molar-refractivity contribution in [3.63, 3.8) is 0 Å². The van der Waals surface area contributed by atoms with E-state index in [9.17, 15) is 13.2 Å². The Kier molecular flexibility index (Phi) is 4.98. The summed E-state index contributed by atoms with van der Waals surface area (Å²) in [6.45, 7) is 0. The molecule has 0 spiro atoms. The number of hydrogen-bond acceptors (Lipinski definition) is 8. The van der Waals surface area contributed by atoms with Crippen molar-refractivity contribution < 1.29 is 28.0 Å². The number of ether oxygens (including phenoxy) is 1. The minimum absolute atomic E-state index is 0.126. The molecule has 1 aromatic heterocycles. The van der Waals surface area contributed by atoms with E-state index >= 15 is 0 Å². The standard InChI is InChI=1S/C15H13F3N6O3/c16-15(17,18)26-10-4-1-8(2-5-10)13-22-14(27-24-13)21-9-3-6-11(20-7-9)12(19)23-25/h1-7,14,21,25H,(H2,19,23)(H,22,24). The van der Waals surface area contributed by atoms with Gasteiger partial charge in [0.15, 0.2) is 11.7 Å². The van der Waals surface area contributed by atoms with Crippen LogP contribution in [-0.2, 0) is 4.84 Å². The van der Waals surface area contributed by atoms with E-state index in [0.717, 1.165) is 0 Å². The monoisotopic (exact) mass is 382 g/mol. The number of rotatable bonds is 5. The molecule has 27 heavy (non-hydrogen) atoms. The SMILES string of the molecule is N/C(=N\O)c1ccc(NC2N=C(c3ccc(OC(F)(F)F)cc3)NO2)cn1. The van der Waals surface area contributed by atoms with E-state index in [1.54, 1.807) is 6.07 Å². The molecule has 0 amide bonds. The van der Waals surface area contributed by atoms with Gasteiger partial charge in [-0.05, 0) is 36.4 Å². The van der Waals surface area contributed by atoms with Gasteiger partial charge in [0.25, 0.3) is 6.35 Å². The summed E-state index contributed by atoms with van der Waals surface area (Å²) in [4.78, 5) is 13.5. The molecule has 0 bridgehead atoms. The quantitative estimate of drug-likeness (QED) is 0.269. The van der Waals surface area contributed by atoms with Crippen LogP contribution in [0.2, 0.25) is 0 Å². The van der Waals surface area contributed by atoms with Gasteiger partial charge in [0.1, 0.15) is 11.4 Å². The van der Waals surface area contributed by atoms with Crippen molar-refractivity contribution in [2.24, 2.45) is 15.9 Å². The van der Waals surface area contributed by atoms with Gasteiger partial charge in [-0.1, -0.05) is 5.16 Å². The number of aliphatic imine (C=N–C) groups is 1. The fourth-order valence-electron chi connectivity index (χ4n) is 2.12. The fraction of sp³-hybridized carbons (Fsp3) is 0.133. The highest BCUT2D eigenvalue weighted by Crippen LogP contribution is 2.23. The van der Waals surface area contributed by atoms with Crippen molar-refractivity contribution in [2.45, 2.75) is 12.7 Å². The number of aromatic nitrogens is 1. The number of halogens is 3. The molecule has 3 rings (SSSR count). The molecule has 1 aliphatic heterocycles. The van der Waals surface area contributed by atoms with Crippen molar-refractivity contribution in [3.05, 3.63) is 53.9 Å². The molecule has 0 radical (unpaired) electrons. The molecule has 1 unspecified atom stereocenters. The maximum atomic E-state index is 12.2. The first-order chi connectivity index (χ1) is 12.8. The van der Waals surface area contributed by atoms with Crippen LogP contribution in [0.25, 0.3) is 0 Å². The summed E-state index contributed by atoms with van der Waals surface area (Å²) in [5, 5.41) is 14.4. The van der Waals surface area contributed by atoms with Crippen LogP contribution in [0, 0.1) is 0 Å². The van der Waals surface area contributed by atoms with Gasteiger partial charge in [-0.15, -0.1) is 13.2 Å². The number of amidine groups is 2. The Hall–Kier alpha value is -3.54. The number of nitrogens with one attached hydrogen (secondary N) is 2. The zero-order valence-corrected chi connectivity index (χ0v) is 13.4. The zero-order valence-electron chi connectivity index (χ0n) is 13.4. The third-order valence-electron chi connectivity index (χ3n) is 3.30. The number of nitrogens with zero attached hydrogens (tertiary/aromatic N) is 3. The molecule has 2 heterocycles. The number of nitrogens with two attached hydrogens (primary N) is 1. The van der Waals surface area contributed by atoms with E-state index in [1.807, 2.05) is 0 Å². The Morgan fingerprint density at radius 3 is 2.59 bits per heavy atom. The van der Waals surface area contributed by atoms with E-state index in [0.29, 0.717) is 22.8 Å². The number of oxime groups is 1. The van der Waals surface area contributed by atoms with Crippen molar-refractivity contribution in [3.8, 4) is 5.75 Å². The molecule has 1 atom stereocenters. The summed E-state index contributed by atoms with van der Waals surface area (Å²) in [5.74, 6) is -0.136. The van der Waals surface area contributed by atoms with Gasteiger partial charge in [-0.25, -0.2) is 15.3 Å². The summed E-state index contributed by atoms with van der Waals surface area (Å²) in [6.07, 6.45) is -4.10. The lowest BCUT2D eigenvalue weighted by Crippen LogP contribution is -2.23. The second-order valence-corrected chi connectivity index (χ2v) is 5.18. The third-order valence-corrected chi connectivity index (χ3v) is 3.30. The average Bonchev–Trinajstić information content (AvgIpc) is 3.09. The van der Waals surface area contributed by atoms with Gasteiger partial charge >= 0.3 is 6.36 Å². The van der Waals surface area contributed by atoms with Gasteiger partial charge in [0, 0.05) is 5.56 Å². The lowest BCUT2D eigenvalue weighted by molar-refractivity contribution is -0.274. The number of hydrogen-bond donors (Lipinski definition) is 4. The summed E-state index contributed by atoms with van der Waals surface area (Å²) in [5.41, 5.74) is 9.36. The Bertz CT molecular complexity index is 853. The van der Waals surface area contributed by atoms with Gasteiger partial charge in [0.05, 0.1) is 11.9 Å². The molecular formula is C15H13F3N6O3. The maximum Gasteiger partial charge on any atom is 0.573 e. The minimum Gasteiger partial charge on any atom is -0.409 e. The number of anilines is 1. The first-order valence-corrected chi connectivity index (χ1v) is 7.40. The number of hydroxylamine groups is 1. The summed E-state index contributed by atoms with van der Waals surface area (Å²) < 4.78 is 40.3. The van der Waals surface area contributed by atoms with Gasteiger partial charge in [0.2, 0.25) is 0 Å². The van der Waals surface area contributed by atoms with Gasteiger partial charge in [-0.2, -0.15) is 0 Å². The fourth-order valence-corrected chi connectivity index (χ4v) is 2.12. The molecule has 0 saturated carbocycles. The number of pyridine rings is 1. The normalized spacial score (nSPS) is 17.2. The lowest BCUT2D eigenvalue weighted by Gasteiger charge is -2.09. The predicted molar refractivity (Wildman–Crippen MR) is 88.0 cm³/mol. The van der Waals surface area contributed by atoms with Crippen LogP contribution in [0.15, 0.2) is 52.7 Å². The van der Waals surface area contributed by atoms with Gasteiger partial charge in [-0.3, -0.25) is 4.98 Å². The second kappa shape index (κ2) is 7.37. The van der Waals surface area contributed by atoms with E-state index in [-0.39, 0.29) is 11.6 Å². The van der Waals surface area contributed by atoms with Crippen molar-refractivity contribution in [2.75, 3.05) is 5.32 Å². The number of alkyl halides is 3. The van der Waals surface area contributed by atoms with Crippen LogP contribution < -0.4 is 21.3 Å². The molecule has 2 aromatic rings. The van der Waals surface area contributed by atoms with Crippen LogP contribution in [0.1, 0.15) is 11.3 Å². The zero-order chi connectivity index (χ0) is 19.4. The highest BCUT2D eigenvalue weighted by molar-refractivity contribution is 5.99. The Balaban J connectivity index is 1.64. The summed E-state index contributed by atoms with van der Waals surface area (Å²) >= 11 is 0. The highest BCUT2D eigenvalue weighted by atomic mass is 19.4. The smallest absolute Gasteiger partial charge is 0.409 e. The molecule has 0 aliphatic carbocycles. The molecular weight excluding hydrogens is 369 g/mol. The van der Waals surface area contributed by atoms with Crippen LogP contribution in [0.4, 0.5) is 18.9 Å². The van der Waals surface area contributed by atoms with Crippen LogP contribution in [0.5, 0.6) is 5.75 Å². The first-order valence-electron chi connectivity index (χ1n) is 7.40. The van der Waals surface area contributed by atoms with E-state index in [4.69, 9.17) is 15.8 Å². The molecule has 1 aliphatic rings. The van der Waals surface area contributed by atoms with Crippen LogP contribution >= 0.6 is 0 Å². The third kappa shape index (κ3) is 4.76. The average molecular weight is 382 g/mol. The van der Waals surface area contributed by atoms with E-state index < -0.39 is 12.7 Å².